The molecule has 16 heavy (non-hydrogen) atoms. The molecule has 5 heteroatoms. The smallest absolute Gasteiger partial charge is 0.328 e. The molecule has 0 aromatic carbocycles. The summed E-state index contributed by atoms with van der Waals surface area (Å²) in [6.07, 6.45) is 0.182. The zero-order chi connectivity index (χ0) is 12.2. The van der Waals surface area contributed by atoms with Crippen LogP contribution in [0.3, 0.4) is 0 Å². The van der Waals surface area contributed by atoms with E-state index in [4.69, 9.17) is 4.74 Å². The maximum atomic E-state index is 11.8. The molecule has 0 aliphatic heterocycles. The van der Waals surface area contributed by atoms with Crippen molar-refractivity contribution in [3.05, 3.63) is 22.4 Å². The summed E-state index contributed by atoms with van der Waals surface area (Å²) >= 11 is 1.26. The molecule has 1 aromatic rings. The Labute approximate surface area is 97.9 Å². The van der Waals surface area contributed by atoms with E-state index in [0.717, 1.165) is 0 Å². The molecule has 0 bridgehead atoms. The average Bonchev–Trinajstić information content (AvgIpc) is 2.73. The maximum Gasteiger partial charge on any atom is 0.328 e. The Bertz CT molecular complexity index is 371. The predicted octanol–water partition coefficient (Wildman–Crippen LogP) is 2.04. The number of carboxylic acid groups (broad SMARTS) is 1. The molecule has 0 fully saturated rings. The minimum absolute atomic E-state index is 0.180. The van der Waals surface area contributed by atoms with Gasteiger partial charge >= 0.3 is 11.9 Å². The van der Waals surface area contributed by atoms with Gasteiger partial charge in [-0.15, -0.1) is 11.3 Å². The predicted molar refractivity (Wildman–Crippen MR) is 60.6 cm³/mol. The topological polar surface area (TPSA) is 63.6 Å². The van der Waals surface area contributed by atoms with Crippen LogP contribution in [0.4, 0.5) is 0 Å². The van der Waals surface area contributed by atoms with E-state index in [9.17, 15) is 14.7 Å². The number of ether oxygens (including phenoxy) is 1. The van der Waals surface area contributed by atoms with Crippen molar-refractivity contribution < 1.29 is 19.4 Å². The van der Waals surface area contributed by atoms with Gasteiger partial charge in [-0.3, -0.25) is 9.59 Å². The number of thiophene rings is 1. The molecule has 0 saturated heterocycles. The van der Waals surface area contributed by atoms with Gasteiger partial charge in [0, 0.05) is 4.88 Å². The van der Waals surface area contributed by atoms with Gasteiger partial charge < -0.3 is 9.84 Å². The van der Waals surface area contributed by atoms with Crippen molar-refractivity contribution in [2.45, 2.75) is 25.7 Å². The first-order valence-electron chi connectivity index (χ1n) is 5.04. The summed E-state index contributed by atoms with van der Waals surface area (Å²) in [7, 11) is 0. The quantitative estimate of drug-likeness (QED) is 0.634. The van der Waals surface area contributed by atoms with Gasteiger partial charge in [0.05, 0.1) is 6.61 Å². The monoisotopic (exact) mass is 242 g/mol. The zero-order valence-electron chi connectivity index (χ0n) is 9.23. The number of hydrogen-bond acceptors (Lipinski definition) is 4. The second kappa shape index (κ2) is 5.12. The third-order valence-corrected chi connectivity index (χ3v) is 3.49. The lowest BCUT2D eigenvalue weighted by molar-refractivity contribution is -0.161. The van der Waals surface area contributed by atoms with Crippen LogP contribution >= 0.6 is 11.3 Å². The first-order chi connectivity index (χ1) is 7.59. The Morgan fingerprint density at radius 3 is 2.56 bits per heavy atom. The Kier molecular flexibility index (Phi) is 4.06. The first-order valence-corrected chi connectivity index (χ1v) is 5.92. The van der Waals surface area contributed by atoms with Gasteiger partial charge in [0.1, 0.15) is 0 Å². The first kappa shape index (κ1) is 12.7. The van der Waals surface area contributed by atoms with Gasteiger partial charge in [-0.2, -0.15) is 0 Å². The van der Waals surface area contributed by atoms with Crippen molar-refractivity contribution in [1.29, 1.82) is 0 Å². The lowest BCUT2D eigenvalue weighted by atomic mass is 9.83. The summed E-state index contributed by atoms with van der Waals surface area (Å²) in [5.41, 5.74) is -1.55. The van der Waals surface area contributed by atoms with Gasteiger partial charge in [0.15, 0.2) is 5.41 Å². The highest BCUT2D eigenvalue weighted by Gasteiger charge is 2.48. The Hall–Kier alpha value is -1.36. The Balaban J connectivity index is 3.21. The van der Waals surface area contributed by atoms with Crippen molar-refractivity contribution in [3.63, 3.8) is 0 Å². The molecule has 1 heterocycles. The lowest BCUT2D eigenvalue weighted by Crippen LogP contribution is -2.43. The fourth-order valence-electron chi connectivity index (χ4n) is 1.54. The highest BCUT2D eigenvalue weighted by atomic mass is 32.1. The van der Waals surface area contributed by atoms with E-state index >= 15 is 0 Å². The van der Waals surface area contributed by atoms with E-state index < -0.39 is 17.4 Å². The van der Waals surface area contributed by atoms with Crippen molar-refractivity contribution in [3.8, 4) is 0 Å². The van der Waals surface area contributed by atoms with Crippen LogP contribution in [0.5, 0.6) is 0 Å². The van der Waals surface area contributed by atoms with Crippen LogP contribution in [-0.4, -0.2) is 23.7 Å². The third kappa shape index (κ3) is 1.95. The van der Waals surface area contributed by atoms with E-state index in [1.807, 2.05) is 0 Å². The largest absolute Gasteiger partial charge is 0.480 e. The highest BCUT2D eigenvalue weighted by molar-refractivity contribution is 7.10. The number of aliphatic carboxylic acids is 1. The molecule has 1 unspecified atom stereocenters. The van der Waals surface area contributed by atoms with Crippen molar-refractivity contribution in [2.24, 2.45) is 0 Å². The Morgan fingerprint density at radius 2 is 2.19 bits per heavy atom. The summed E-state index contributed by atoms with van der Waals surface area (Å²) in [6, 6.07) is 3.38. The number of carbonyl (C=O) groups excluding carboxylic acids is 1. The standard InChI is InChI=1S/C11H14O4S/c1-3-11(9(12)13,10(14)15-4-2)8-6-5-7-16-8/h5-7H,3-4H2,1-2H3,(H,12,13). The molecule has 1 rings (SSSR count). The summed E-state index contributed by atoms with van der Waals surface area (Å²) < 4.78 is 4.87. The van der Waals surface area contributed by atoms with Crippen LogP contribution < -0.4 is 0 Å². The van der Waals surface area contributed by atoms with Crippen LogP contribution in [-0.2, 0) is 19.7 Å². The van der Waals surface area contributed by atoms with Crippen LogP contribution in [0.15, 0.2) is 17.5 Å². The summed E-state index contributed by atoms with van der Waals surface area (Å²) in [6.45, 7) is 3.51. The summed E-state index contributed by atoms with van der Waals surface area (Å²) in [4.78, 5) is 23.7. The van der Waals surface area contributed by atoms with Gasteiger partial charge in [-0.1, -0.05) is 13.0 Å². The van der Waals surface area contributed by atoms with Crippen molar-refractivity contribution >= 4 is 23.3 Å². The van der Waals surface area contributed by atoms with E-state index in [2.05, 4.69) is 0 Å². The molecular weight excluding hydrogens is 228 g/mol. The van der Waals surface area contributed by atoms with Crippen molar-refractivity contribution in [1.82, 2.24) is 0 Å². The van der Waals surface area contributed by atoms with Crippen LogP contribution in [0, 0.1) is 0 Å². The van der Waals surface area contributed by atoms with E-state index in [1.165, 1.54) is 11.3 Å². The summed E-state index contributed by atoms with van der Waals surface area (Å²) in [5, 5.41) is 11.1. The van der Waals surface area contributed by atoms with Crippen molar-refractivity contribution in [2.75, 3.05) is 6.61 Å². The molecule has 0 saturated carbocycles. The number of carbonyl (C=O) groups is 2. The highest BCUT2D eigenvalue weighted by Crippen LogP contribution is 2.33. The fraction of sp³-hybridized carbons (Fsp3) is 0.455. The molecule has 1 N–H and O–H groups in total. The third-order valence-electron chi connectivity index (χ3n) is 2.46. The normalized spacial score (nSPS) is 14.1. The van der Waals surface area contributed by atoms with E-state index in [-0.39, 0.29) is 13.0 Å². The molecule has 0 amide bonds. The maximum absolute atomic E-state index is 11.8. The zero-order valence-corrected chi connectivity index (χ0v) is 10.0. The second-order valence-electron chi connectivity index (χ2n) is 3.26. The Morgan fingerprint density at radius 1 is 1.50 bits per heavy atom. The van der Waals surface area contributed by atoms with Crippen LogP contribution in [0.2, 0.25) is 0 Å². The van der Waals surface area contributed by atoms with Gasteiger partial charge in [0.2, 0.25) is 0 Å². The molecule has 88 valence electrons. The number of hydrogen-bond donors (Lipinski definition) is 1. The van der Waals surface area contributed by atoms with Crippen LogP contribution in [0.1, 0.15) is 25.1 Å². The fourth-order valence-corrected chi connectivity index (χ4v) is 2.52. The number of esters is 1. The molecule has 4 nitrogen and oxygen atoms in total. The molecule has 0 spiro atoms. The van der Waals surface area contributed by atoms with Crippen LogP contribution in [0.25, 0.3) is 0 Å². The SMILES string of the molecule is CCOC(=O)C(CC)(C(=O)O)c1cccs1. The number of rotatable bonds is 5. The molecule has 0 aliphatic carbocycles. The molecule has 0 radical (unpaired) electrons. The lowest BCUT2D eigenvalue weighted by Gasteiger charge is -2.24. The van der Waals surface area contributed by atoms with Gasteiger partial charge in [-0.05, 0) is 24.8 Å². The minimum atomic E-state index is -1.55. The second-order valence-corrected chi connectivity index (χ2v) is 4.21. The van der Waals surface area contributed by atoms with E-state index in [1.54, 1.807) is 31.4 Å². The molecule has 1 aromatic heterocycles. The van der Waals surface area contributed by atoms with Gasteiger partial charge in [0.25, 0.3) is 0 Å². The molecular formula is C11H14O4S. The average molecular weight is 242 g/mol. The van der Waals surface area contributed by atoms with Gasteiger partial charge in [-0.25, -0.2) is 0 Å². The van der Waals surface area contributed by atoms with E-state index in [0.29, 0.717) is 4.88 Å². The molecule has 0 aliphatic rings. The number of carboxylic acids is 1. The molecule has 1 atom stereocenters. The summed E-state index contributed by atoms with van der Waals surface area (Å²) in [5.74, 6) is -1.84. The minimum Gasteiger partial charge on any atom is -0.480 e.